The van der Waals surface area contributed by atoms with Crippen LogP contribution in [0.1, 0.15) is 0 Å². The first-order valence-electron chi connectivity index (χ1n) is 3.93. The first-order chi connectivity index (χ1) is 6.55. The molecule has 75 valence electrons. The normalized spacial score (nSPS) is 10.9. The van der Waals surface area contributed by atoms with Crippen LogP contribution in [0.5, 0.6) is 0 Å². The fourth-order valence-corrected chi connectivity index (χ4v) is 1.93. The third-order valence-corrected chi connectivity index (χ3v) is 2.79. The lowest BCUT2D eigenvalue weighted by Gasteiger charge is -2.07. The van der Waals surface area contributed by atoms with Crippen molar-refractivity contribution in [1.29, 1.82) is 0 Å². The minimum absolute atomic E-state index is 0.0213. The third-order valence-electron chi connectivity index (χ3n) is 1.64. The van der Waals surface area contributed by atoms with Gasteiger partial charge in [0.25, 0.3) is 0 Å². The van der Waals surface area contributed by atoms with E-state index in [4.69, 9.17) is 0 Å². The SMILES string of the molecule is CS(=O)(=O)c1ccccc1NC[C]=O. The second kappa shape index (κ2) is 4.23. The van der Waals surface area contributed by atoms with Crippen LogP contribution in [0.3, 0.4) is 0 Å². The first-order valence-corrected chi connectivity index (χ1v) is 5.83. The van der Waals surface area contributed by atoms with Gasteiger partial charge in [-0.15, -0.1) is 0 Å². The van der Waals surface area contributed by atoms with Crippen LogP contribution in [0, 0.1) is 0 Å². The van der Waals surface area contributed by atoms with Crippen LogP contribution in [-0.4, -0.2) is 27.5 Å². The van der Waals surface area contributed by atoms with Crippen molar-refractivity contribution >= 4 is 21.8 Å². The molecule has 0 heterocycles. The zero-order valence-corrected chi connectivity index (χ0v) is 8.47. The lowest BCUT2D eigenvalue weighted by Crippen LogP contribution is -2.07. The fraction of sp³-hybridized carbons (Fsp3) is 0.222. The molecular weight excluding hydrogens is 202 g/mol. The summed E-state index contributed by atoms with van der Waals surface area (Å²) in [7, 11) is -3.26. The summed E-state index contributed by atoms with van der Waals surface area (Å²) in [4.78, 5) is 10.2. The van der Waals surface area contributed by atoms with E-state index in [2.05, 4.69) is 5.32 Å². The van der Waals surface area contributed by atoms with Gasteiger partial charge in [0.1, 0.15) is 0 Å². The van der Waals surface area contributed by atoms with Crippen LogP contribution in [0.15, 0.2) is 29.2 Å². The number of carbonyl (C=O) groups excluding carboxylic acids is 1. The van der Waals surface area contributed by atoms with E-state index in [0.29, 0.717) is 5.69 Å². The number of para-hydroxylation sites is 1. The Labute approximate surface area is 82.9 Å². The molecule has 0 atom stereocenters. The van der Waals surface area contributed by atoms with Gasteiger partial charge in [0.05, 0.1) is 17.1 Å². The zero-order chi connectivity index (χ0) is 10.6. The molecule has 1 aromatic rings. The van der Waals surface area contributed by atoms with E-state index in [-0.39, 0.29) is 11.4 Å². The summed E-state index contributed by atoms with van der Waals surface area (Å²) in [5.41, 5.74) is 0.429. The Morgan fingerprint density at radius 3 is 2.57 bits per heavy atom. The van der Waals surface area contributed by atoms with Gasteiger partial charge in [0.15, 0.2) is 9.84 Å². The lowest BCUT2D eigenvalue weighted by molar-refractivity contribution is 0.557. The Morgan fingerprint density at radius 2 is 2.00 bits per heavy atom. The van der Waals surface area contributed by atoms with E-state index < -0.39 is 9.84 Å². The molecule has 0 aliphatic heterocycles. The molecule has 4 nitrogen and oxygen atoms in total. The molecule has 0 aromatic heterocycles. The number of sulfone groups is 1. The molecule has 14 heavy (non-hydrogen) atoms. The summed E-state index contributed by atoms with van der Waals surface area (Å²) in [5.74, 6) is 0. The Morgan fingerprint density at radius 1 is 1.36 bits per heavy atom. The van der Waals surface area contributed by atoms with Crippen molar-refractivity contribution in [3.63, 3.8) is 0 Å². The van der Waals surface area contributed by atoms with Crippen molar-refractivity contribution in [1.82, 2.24) is 0 Å². The van der Waals surface area contributed by atoms with Crippen molar-refractivity contribution in [2.24, 2.45) is 0 Å². The molecule has 0 saturated carbocycles. The highest BCUT2D eigenvalue weighted by Gasteiger charge is 2.11. The van der Waals surface area contributed by atoms with Crippen LogP contribution in [0.25, 0.3) is 0 Å². The summed E-state index contributed by atoms with van der Waals surface area (Å²) in [6, 6.07) is 6.42. The smallest absolute Gasteiger partial charge is 0.219 e. The van der Waals surface area contributed by atoms with Gasteiger partial charge in [0.2, 0.25) is 6.29 Å². The zero-order valence-electron chi connectivity index (χ0n) is 7.65. The predicted molar refractivity (Wildman–Crippen MR) is 53.7 cm³/mol. The molecular formula is C9H10NO3S. The molecule has 0 aliphatic carbocycles. The average molecular weight is 212 g/mol. The van der Waals surface area contributed by atoms with Crippen molar-refractivity contribution in [2.75, 3.05) is 18.1 Å². The number of benzene rings is 1. The van der Waals surface area contributed by atoms with Crippen LogP contribution in [-0.2, 0) is 14.6 Å². The Bertz CT molecular complexity index is 425. The maximum absolute atomic E-state index is 11.3. The van der Waals surface area contributed by atoms with Gasteiger partial charge in [-0.1, -0.05) is 12.1 Å². The highest BCUT2D eigenvalue weighted by atomic mass is 32.2. The second-order valence-electron chi connectivity index (χ2n) is 2.77. The van der Waals surface area contributed by atoms with Crippen molar-refractivity contribution in [3.8, 4) is 0 Å². The summed E-state index contributed by atoms with van der Waals surface area (Å²) < 4.78 is 22.6. The molecule has 0 unspecified atom stereocenters. The molecule has 1 rings (SSSR count). The Hall–Kier alpha value is -1.36. The quantitative estimate of drug-likeness (QED) is 0.794. The molecule has 1 N–H and O–H groups in total. The second-order valence-corrected chi connectivity index (χ2v) is 4.75. The Balaban J connectivity index is 3.10. The molecule has 0 fully saturated rings. The van der Waals surface area contributed by atoms with Gasteiger partial charge in [-0.2, -0.15) is 0 Å². The van der Waals surface area contributed by atoms with Gasteiger partial charge in [-0.3, -0.25) is 4.79 Å². The molecule has 1 radical (unpaired) electrons. The van der Waals surface area contributed by atoms with Gasteiger partial charge < -0.3 is 5.32 Å². The van der Waals surface area contributed by atoms with Gasteiger partial charge in [0, 0.05) is 6.26 Å². The van der Waals surface area contributed by atoms with E-state index in [1.165, 1.54) is 6.07 Å². The summed E-state index contributed by atoms with van der Waals surface area (Å²) in [6.45, 7) is -0.0213. The van der Waals surface area contributed by atoms with E-state index >= 15 is 0 Å². The van der Waals surface area contributed by atoms with Crippen LogP contribution >= 0.6 is 0 Å². The lowest BCUT2D eigenvalue weighted by atomic mass is 10.3. The van der Waals surface area contributed by atoms with Gasteiger partial charge in [-0.25, -0.2) is 8.42 Å². The molecule has 0 aliphatic rings. The standard InChI is InChI=1S/C9H10NO3S/c1-14(12,13)9-5-3-2-4-8(9)10-6-7-11/h2-5,10H,6H2,1H3. The van der Waals surface area contributed by atoms with Crippen molar-refractivity contribution in [2.45, 2.75) is 4.90 Å². The highest BCUT2D eigenvalue weighted by molar-refractivity contribution is 7.90. The molecule has 0 amide bonds. The minimum atomic E-state index is -3.26. The van der Waals surface area contributed by atoms with E-state index in [1.54, 1.807) is 24.5 Å². The predicted octanol–water partition coefficient (Wildman–Crippen LogP) is 0.612. The Kier molecular flexibility index (Phi) is 3.24. The number of nitrogens with one attached hydrogen (secondary N) is 1. The number of anilines is 1. The topological polar surface area (TPSA) is 63.2 Å². The highest BCUT2D eigenvalue weighted by Crippen LogP contribution is 2.19. The van der Waals surface area contributed by atoms with Crippen LogP contribution in [0.2, 0.25) is 0 Å². The summed E-state index contributed by atoms with van der Waals surface area (Å²) in [6.07, 6.45) is 2.76. The number of rotatable bonds is 4. The van der Waals surface area contributed by atoms with E-state index in [0.717, 1.165) is 6.26 Å². The van der Waals surface area contributed by atoms with Crippen molar-refractivity contribution < 1.29 is 13.2 Å². The molecule has 0 spiro atoms. The van der Waals surface area contributed by atoms with Crippen molar-refractivity contribution in [3.05, 3.63) is 24.3 Å². The number of hydrogen-bond acceptors (Lipinski definition) is 4. The minimum Gasteiger partial charge on any atom is -0.376 e. The molecule has 0 bridgehead atoms. The fourth-order valence-electron chi connectivity index (χ4n) is 1.07. The van der Waals surface area contributed by atoms with Crippen LogP contribution in [0.4, 0.5) is 5.69 Å². The maximum atomic E-state index is 11.3. The molecule has 0 saturated heterocycles. The van der Waals surface area contributed by atoms with Gasteiger partial charge in [-0.05, 0) is 12.1 Å². The monoisotopic (exact) mass is 212 g/mol. The molecule has 1 aromatic carbocycles. The molecule has 5 heteroatoms. The third kappa shape index (κ3) is 2.56. The van der Waals surface area contributed by atoms with Gasteiger partial charge >= 0.3 is 0 Å². The number of hydrogen-bond donors (Lipinski definition) is 1. The summed E-state index contributed by atoms with van der Waals surface area (Å²) in [5, 5.41) is 2.67. The largest absolute Gasteiger partial charge is 0.376 e. The van der Waals surface area contributed by atoms with Crippen LogP contribution < -0.4 is 5.32 Å². The first kappa shape index (κ1) is 10.7. The van der Waals surface area contributed by atoms with E-state index in [9.17, 15) is 13.2 Å². The average Bonchev–Trinajstić information content (AvgIpc) is 2.14. The maximum Gasteiger partial charge on any atom is 0.219 e. The van der Waals surface area contributed by atoms with E-state index in [1.807, 2.05) is 0 Å². The summed E-state index contributed by atoms with van der Waals surface area (Å²) >= 11 is 0.